The van der Waals surface area contributed by atoms with Gasteiger partial charge in [0, 0.05) is 37.3 Å². The van der Waals surface area contributed by atoms with Crippen molar-refractivity contribution in [3.8, 4) is 17.0 Å². The highest BCUT2D eigenvalue weighted by Gasteiger charge is 2.22. The zero-order chi connectivity index (χ0) is 29.4. The molecule has 4 aromatic rings. The Kier molecular flexibility index (Phi) is 10.0. The third-order valence-electron chi connectivity index (χ3n) is 5.63. The summed E-state index contributed by atoms with van der Waals surface area (Å²) in [4.78, 5) is 26.9. The minimum atomic E-state index is -1.59. The van der Waals surface area contributed by atoms with Crippen LogP contribution in [-0.2, 0) is 16.1 Å². The number of anilines is 1. The highest BCUT2D eigenvalue weighted by molar-refractivity contribution is 6.01. The zero-order valence-electron chi connectivity index (χ0n) is 22.1. The topological polar surface area (TPSA) is 107 Å². The van der Waals surface area contributed by atoms with Crippen molar-refractivity contribution >= 4 is 23.2 Å². The van der Waals surface area contributed by atoms with Gasteiger partial charge in [0.15, 0.2) is 28.8 Å². The maximum absolute atomic E-state index is 14.4. The van der Waals surface area contributed by atoms with E-state index in [9.17, 15) is 27.2 Å². The molecule has 40 heavy (non-hydrogen) atoms. The number of hydrogen-bond donors (Lipinski definition) is 2. The minimum Gasteiger partial charge on any atom is -0.496 e. The van der Waals surface area contributed by atoms with Crippen LogP contribution in [0.5, 0.6) is 5.75 Å². The van der Waals surface area contributed by atoms with Gasteiger partial charge in [0.25, 0.3) is 5.91 Å². The number of methoxy groups -OCH3 is 2. The van der Waals surface area contributed by atoms with Crippen LogP contribution >= 0.6 is 0 Å². The summed E-state index contributed by atoms with van der Waals surface area (Å²) in [6.45, 7) is 1.86. The number of amides is 1. The number of aromatic nitrogens is 3. The maximum atomic E-state index is 14.4. The third kappa shape index (κ3) is 6.65. The second-order valence-electron chi connectivity index (χ2n) is 8.24. The largest absolute Gasteiger partial charge is 0.496 e. The fourth-order valence-corrected chi connectivity index (χ4v) is 3.62. The molecule has 2 aromatic carbocycles. The molecular weight excluding hydrogens is 534 g/mol. The molecule has 2 heterocycles. The van der Waals surface area contributed by atoms with Gasteiger partial charge in [-0.2, -0.15) is 5.10 Å². The van der Waals surface area contributed by atoms with Gasteiger partial charge < -0.3 is 20.1 Å². The normalized spacial score (nSPS) is 10.5. The quantitative estimate of drug-likeness (QED) is 0.179. The fraction of sp³-hybridized carbons (Fsp3) is 0.259. The smallest absolute Gasteiger partial charge is 0.305 e. The summed E-state index contributed by atoms with van der Waals surface area (Å²) in [6, 6.07) is 7.38. The van der Waals surface area contributed by atoms with Crippen LogP contribution in [0.3, 0.4) is 0 Å². The number of rotatable bonds is 8. The SMILES string of the molecule is CCCC(=O)OC.CNC(=O)c1nn2ccc(-c3cc(F)c(F)c(F)c3)nc2c1NCc1c(F)cccc1OC. The lowest BCUT2D eigenvalue weighted by Gasteiger charge is -2.11. The predicted octanol–water partition coefficient (Wildman–Crippen LogP) is 4.89. The van der Waals surface area contributed by atoms with Gasteiger partial charge in [-0.1, -0.05) is 13.0 Å². The predicted molar refractivity (Wildman–Crippen MR) is 139 cm³/mol. The highest BCUT2D eigenvalue weighted by Crippen LogP contribution is 2.28. The van der Waals surface area contributed by atoms with Crippen LogP contribution in [0.25, 0.3) is 16.9 Å². The summed E-state index contributed by atoms with van der Waals surface area (Å²) >= 11 is 0. The number of nitrogens with zero attached hydrogens (tertiary/aromatic N) is 3. The van der Waals surface area contributed by atoms with Gasteiger partial charge in [0.05, 0.1) is 19.9 Å². The Morgan fingerprint density at radius 1 is 1.02 bits per heavy atom. The van der Waals surface area contributed by atoms with Crippen LogP contribution in [0.15, 0.2) is 42.6 Å². The van der Waals surface area contributed by atoms with E-state index in [-0.39, 0.29) is 46.4 Å². The van der Waals surface area contributed by atoms with Gasteiger partial charge in [-0.25, -0.2) is 27.1 Å². The number of nitrogens with one attached hydrogen (secondary N) is 2. The molecular formula is C27H27F4N5O4. The Bertz CT molecular complexity index is 1500. The first-order valence-corrected chi connectivity index (χ1v) is 12.0. The standard InChI is InChI=1S/C22H17F4N5O2.C5H10O2/c1-27-22(32)20-19(28-10-12-13(23)4-3-5-17(12)33-2)21-29-16(6-7-31(21)30-20)11-8-14(24)18(26)15(25)9-11;1-3-4-5(6)7-2/h3-9,28H,10H2,1-2H3,(H,27,32);3-4H2,1-2H3. The van der Waals surface area contributed by atoms with Gasteiger partial charge in [-0.15, -0.1) is 0 Å². The zero-order valence-corrected chi connectivity index (χ0v) is 22.1. The summed E-state index contributed by atoms with van der Waals surface area (Å²) in [5, 5.41) is 9.61. The Morgan fingerprint density at radius 2 is 1.73 bits per heavy atom. The molecule has 0 unspecified atom stereocenters. The number of esters is 1. The lowest BCUT2D eigenvalue weighted by Crippen LogP contribution is -2.20. The first-order valence-electron chi connectivity index (χ1n) is 12.0. The van der Waals surface area contributed by atoms with Crippen LogP contribution in [0.4, 0.5) is 23.2 Å². The molecule has 1 amide bonds. The van der Waals surface area contributed by atoms with E-state index in [0.717, 1.165) is 18.6 Å². The van der Waals surface area contributed by atoms with Crippen molar-refractivity contribution in [2.24, 2.45) is 0 Å². The van der Waals surface area contributed by atoms with E-state index < -0.39 is 29.2 Å². The van der Waals surface area contributed by atoms with Crippen molar-refractivity contribution in [1.82, 2.24) is 19.9 Å². The van der Waals surface area contributed by atoms with Gasteiger partial charge in [0.1, 0.15) is 17.3 Å². The van der Waals surface area contributed by atoms with Crippen LogP contribution in [0, 0.1) is 23.3 Å². The molecule has 0 aliphatic heterocycles. The monoisotopic (exact) mass is 561 g/mol. The van der Waals surface area contributed by atoms with Crippen LogP contribution < -0.4 is 15.4 Å². The Labute approximate surface area is 227 Å². The number of hydrogen-bond acceptors (Lipinski definition) is 7. The first-order chi connectivity index (χ1) is 19.1. The van der Waals surface area contributed by atoms with Crippen LogP contribution in [0.2, 0.25) is 0 Å². The number of benzene rings is 2. The van der Waals surface area contributed by atoms with Gasteiger partial charge in [-0.05, 0) is 36.8 Å². The number of carbonyl (C=O) groups excluding carboxylic acids is 2. The Hall–Kier alpha value is -4.68. The van der Waals surface area contributed by atoms with Gasteiger partial charge in [-0.3, -0.25) is 9.59 Å². The molecule has 0 spiro atoms. The van der Waals surface area contributed by atoms with Crippen molar-refractivity contribution in [2.45, 2.75) is 26.3 Å². The van der Waals surface area contributed by atoms with Crippen molar-refractivity contribution in [1.29, 1.82) is 0 Å². The highest BCUT2D eigenvalue weighted by atomic mass is 19.2. The summed E-state index contributed by atoms with van der Waals surface area (Å²) in [5.41, 5.74) is 0.555. The molecule has 0 fully saturated rings. The number of halogens is 4. The molecule has 0 saturated heterocycles. The molecule has 4 rings (SSSR count). The molecule has 0 atom stereocenters. The molecule has 0 aliphatic rings. The van der Waals surface area contributed by atoms with E-state index in [0.29, 0.717) is 12.2 Å². The van der Waals surface area contributed by atoms with Gasteiger partial charge in [0.2, 0.25) is 0 Å². The molecule has 13 heteroatoms. The molecule has 0 saturated carbocycles. The number of carbonyl (C=O) groups is 2. The van der Waals surface area contributed by atoms with E-state index >= 15 is 0 Å². The summed E-state index contributed by atoms with van der Waals surface area (Å²) < 4.78 is 66.0. The average Bonchev–Trinajstić information content (AvgIpc) is 3.32. The molecule has 2 N–H and O–H groups in total. The second-order valence-corrected chi connectivity index (χ2v) is 8.24. The number of fused-ring (bicyclic) bond motifs is 1. The summed E-state index contributed by atoms with van der Waals surface area (Å²) in [7, 11) is 4.22. The van der Waals surface area contributed by atoms with Gasteiger partial charge >= 0.3 is 5.97 Å². The van der Waals surface area contributed by atoms with E-state index in [1.165, 1.54) is 50.2 Å². The fourth-order valence-electron chi connectivity index (χ4n) is 3.62. The lowest BCUT2D eigenvalue weighted by atomic mass is 10.1. The van der Waals surface area contributed by atoms with E-state index in [4.69, 9.17) is 4.74 Å². The van der Waals surface area contributed by atoms with Crippen molar-refractivity contribution in [3.05, 3.63) is 77.1 Å². The second kappa shape index (κ2) is 13.4. The van der Waals surface area contributed by atoms with Crippen molar-refractivity contribution in [2.75, 3.05) is 26.6 Å². The van der Waals surface area contributed by atoms with E-state index in [1.54, 1.807) is 6.07 Å². The van der Waals surface area contributed by atoms with Crippen LogP contribution in [-0.4, -0.2) is 47.7 Å². The molecule has 212 valence electrons. The van der Waals surface area contributed by atoms with Crippen molar-refractivity contribution in [3.63, 3.8) is 0 Å². The van der Waals surface area contributed by atoms with Crippen LogP contribution in [0.1, 0.15) is 35.8 Å². The Balaban J connectivity index is 0.000000559. The third-order valence-corrected chi connectivity index (χ3v) is 5.63. The lowest BCUT2D eigenvalue weighted by molar-refractivity contribution is -0.140. The summed E-state index contributed by atoms with van der Waals surface area (Å²) in [6.07, 6.45) is 2.83. The number of ether oxygens (including phenoxy) is 2. The average molecular weight is 562 g/mol. The first kappa shape index (κ1) is 29.9. The van der Waals surface area contributed by atoms with Crippen molar-refractivity contribution < 1.29 is 36.6 Å². The minimum absolute atomic E-state index is 0.0154. The van der Waals surface area contributed by atoms with E-state index in [1.807, 2.05) is 6.92 Å². The Morgan fingerprint density at radius 3 is 2.30 bits per heavy atom. The molecule has 9 nitrogen and oxygen atoms in total. The maximum Gasteiger partial charge on any atom is 0.305 e. The van der Waals surface area contributed by atoms with E-state index in [2.05, 4.69) is 25.5 Å². The summed E-state index contributed by atoms with van der Waals surface area (Å²) in [5.74, 6) is -5.21. The molecule has 0 aliphatic carbocycles. The molecule has 2 aromatic heterocycles. The molecule has 0 bridgehead atoms. The molecule has 0 radical (unpaired) electrons.